The highest BCUT2D eigenvalue weighted by Crippen LogP contribution is 2.46. The minimum Gasteiger partial charge on any atom is -0.309 e. The van der Waals surface area contributed by atoms with Crippen LogP contribution in [0.15, 0.2) is 200 Å². The fourth-order valence-corrected chi connectivity index (χ4v) is 8.27. The molecule has 0 fully saturated rings. The van der Waals surface area contributed by atoms with Gasteiger partial charge in [0.2, 0.25) is 0 Å². The zero-order valence-corrected chi connectivity index (χ0v) is 31.4. The van der Waals surface area contributed by atoms with Gasteiger partial charge in [-0.05, 0) is 59.2 Å². The molecule has 0 spiro atoms. The molecule has 5 heteroatoms. The van der Waals surface area contributed by atoms with E-state index in [9.17, 15) is 0 Å². The van der Waals surface area contributed by atoms with Gasteiger partial charge in [0.25, 0.3) is 0 Å². The largest absolute Gasteiger partial charge is 0.309 e. The molecular weight excluding hydrogens is 707 g/mol. The fourth-order valence-electron chi connectivity index (χ4n) is 8.27. The van der Waals surface area contributed by atoms with Gasteiger partial charge < -0.3 is 9.47 Å². The molecule has 11 rings (SSSR count). The average Bonchev–Trinajstić information content (AvgIpc) is 3.54. The van der Waals surface area contributed by atoms with Crippen LogP contribution in [-0.2, 0) is 0 Å². The van der Waals surface area contributed by atoms with E-state index in [-0.39, 0.29) is 0 Å². The molecule has 8 aromatic carbocycles. The molecule has 58 heavy (non-hydrogen) atoms. The highest BCUT2D eigenvalue weighted by Gasteiger charge is 2.25. The standard InChI is InChI=1S/C53H35N5/c1-4-15-36(16-5-1)37-27-29-40(30-28-37)52-54-51(39-18-6-2-7-19-39)55-53(56-52)41-20-14-23-43(35-41)58-48-26-13-11-24-44(48)45-33-34-49-46(50(45)58)32-31-38-17-10-12-25-47(38)57(49)42-21-8-3-9-22-42/h1-35H. The lowest BCUT2D eigenvalue weighted by Crippen LogP contribution is -2.12. The van der Waals surface area contributed by atoms with Gasteiger partial charge in [-0.2, -0.15) is 0 Å². The highest BCUT2D eigenvalue weighted by molar-refractivity contribution is 6.15. The zero-order chi connectivity index (χ0) is 38.4. The van der Waals surface area contributed by atoms with Crippen molar-refractivity contribution in [3.8, 4) is 51.0 Å². The molecule has 10 aromatic rings. The van der Waals surface area contributed by atoms with Crippen molar-refractivity contribution in [2.45, 2.75) is 0 Å². The first-order valence-corrected chi connectivity index (χ1v) is 19.5. The van der Waals surface area contributed by atoms with Crippen LogP contribution in [0.3, 0.4) is 0 Å². The Morgan fingerprint density at radius 3 is 1.66 bits per heavy atom. The Hall–Kier alpha value is -7.89. The van der Waals surface area contributed by atoms with Crippen molar-refractivity contribution in [2.24, 2.45) is 0 Å². The van der Waals surface area contributed by atoms with Crippen molar-refractivity contribution in [1.82, 2.24) is 19.5 Å². The normalized spacial score (nSPS) is 12.0. The van der Waals surface area contributed by atoms with E-state index in [1.54, 1.807) is 0 Å². The molecule has 0 amide bonds. The van der Waals surface area contributed by atoms with E-state index in [1.165, 1.54) is 16.3 Å². The van der Waals surface area contributed by atoms with Crippen molar-refractivity contribution >= 4 is 51.0 Å². The van der Waals surface area contributed by atoms with Crippen LogP contribution < -0.4 is 4.90 Å². The van der Waals surface area contributed by atoms with Crippen LogP contribution in [0, 0.1) is 0 Å². The fraction of sp³-hybridized carbons (Fsp3) is 0. The number of benzene rings is 8. The van der Waals surface area contributed by atoms with Crippen LogP contribution >= 0.6 is 0 Å². The third-order valence-electron chi connectivity index (χ3n) is 11.0. The van der Waals surface area contributed by atoms with E-state index in [0.29, 0.717) is 17.5 Å². The first-order chi connectivity index (χ1) is 28.8. The third kappa shape index (κ3) is 5.76. The second kappa shape index (κ2) is 14.0. The quantitative estimate of drug-likeness (QED) is 0.170. The Labute approximate surface area is 336 Å². The SMILES string of the molecule is C1=Cc2c(ccc3c4ccccc4n(-c4cccc(-c5nc(-c6ccccc6)nc(-c6ccc(-c7ccccc7)cc6)n5)c4)c23)N(c2ccccc2)c2ccccc21. The predicted octanol–water partition coefficient (Wildman–Crippen LogP) is 13.6. The number of fused-ring (bicyclic) bond motifs is 6. The number of hydrogen-bond acceptors (Lipinski definition) is 4. The minimum atomic E-state index is 0.614. The summed E-state index contributed by atoms with van der Waals surface area (Å²) in [5, 5.41) is 2.39. The number of anilines is 3. The maximum Gasteiger partial charge on any atom is 0.164 e. The van der Waals surface area contributed by atoms with Gasteiger partial charge in [0.1, 0.15) is 0 Å². The van der Waals surface area contributed by atoms with E-state index in [4.69, 9.17) is 15.0 Å². The van der Waals surface area contributed by atoms with Gasteiger partial charge in [-0.1, -0.05) is 170 Å². The minimum absolute atomic E-state index is 0.614. The van der Waals surface area contributed by atoms with Gasteiger partial charge in [0.05, 0.1) is 22.4 Å². The molecule has 0 N–H and O–H groups in total. The van der Waals surface area contributed by atoms with E-state index in [1.807, 2.05) is 36.4 Å². The maximum atomic E-state index is 5.15. The van der Waals surface area contributed by atoms with Crippen molar-refractivity contribution < 1.29 is 0 Å². The van der Waals surface area contributed by atoms with E-state index >= 15 is 0 Å². The van der Waals surface area contributed by atoms with Crippen LogP contribution in [0.25, 0.3) is 84.9 Å². The number of aromatic nitrogens is 4. The monoisotopic (exact) mass is 741 g/mol. The van der Waals surface area contributed by atoms with Gasteiger partial charge >= 0.3 is 0 Å². The topological polar surface area (TPSA) is 46.8 Å². The molecule has 0 aliphatic carbocycles. The van der Waals surface area contributed by atoms with Crippen LogP contribution in [0.1, 0.15) is 11.1 Å². The number of hydrogen-bond donors (Lipinski definition) is 0. The predicted molar refractivity (Wildman–Crippen MR) is 240 cm³/mol. The number of para-hydroxylation sites is 3. The molecule has 0 saturated heterocycles. The molecular formula is C53H35N5. The smallest absolute Gasteiger partial charge is 0.164 e. The molecule has 5 nitrogen and oxygen atoms in total. The van der Waals surface area contributed by atoms with Crippen molar-refractivity contribution in [2.75, 3.05) is 4.90 Å². The lowest BCUT2D eigenvalue weighted by atomic mass is 10.0. The Morgan fingerprint density at radius 2 is 0.897 bits per heavy atom. The van der Waals surface area contributed by atoms with Gasteiger partial charge in [-0.3, -0.25) is 0 Å². The molecule has 3 heterocycles. The summed E-state index contributed by atoms with van der Waals surface area (Å²) in [6.45, 7) is 0. The van der Waals surface area contributed by atoms with E-state index in [0.717, 1.165) is 67.2 Å². The average molecular weight is 742 g/mol. The number of rotatable bonds is 6. The molecule has 2 aromatic heterocycles. The number of nitrogens with zero attached hydrogens (tertiary/aromatic N) is 5. The summed E-state index contributed by atoms with van der Waals surface area (Å²) in [6, 6.07) is 70.1. The summed E-state index contributed by atoms with van der Waals surface area (Å²) >= 11 is 0. The summed E-state index contributed by atoms with van der Waals surface area (Å²) in [7, 11) is 0. The lowest BCUT2D eigenvalue weighted by molar-refractivity contribution is 1.07. The Morgan fingerprint density at radius 1 is 0.345 bits per heavy atom. The van der Waals surface area contributed by atoms with E-state index in [2.05, 4.69) is 185 Å². The van der Waals surface area contributed by atoms with Crippen molar-refractivity contribution in [3.05, 3.63) is 211 Å². The zero-order valence-electron chi connectivity index (χ0n) is 31.4. The van der Waals surface area contributed by atoms with Crippen LogP contribution in [-0.4, -0.2) is 19.5 Å². The third-order valence-corrected chi connectivity index (χ3v) is 11.0. The van der Waals surface area contributed by atoms with Gasteiger partial charge in [0.15, 0.2) is 17.5 Å². The molecule has 0 unspecified atom stereocenters. The van der Waals surface area contributed by atoms with Crippen molar-refractivity contribution in [1.29, 1.82) is 0 Å². The van der Waals surface area contributed by atoms with Crippen molar-refractivity contribution in [3.63, 3.8) is 0 Å². The molecule has 0 bridgehead atoms. The van der Waals surface area contributed by atoms with Gasteiger partial charge in [-0.25, -0.2) is 15.0 Å². The molecule has 1 aliphatic heterocycles. The first kappa shape index (κ1) is 33.4. The molecule has 0 radical (unpaired) electrons. The molecule has 0 atom stereocenters. The van der Waals surface area contributed by atoms with Gasteiger partial charge in [-0.15, -0.1) is 0 Å². The maximum absolute atomic E-state index is 5.15. The summed E-state index contributed by atoms with van der Waals surface area (Å²) in [5.74, 6) is 1.87. The lowest BCUT2D eigenvalue weighted by Gasteiger charge is -2.27. The second-order valence-electron chi connectivity index (χ2n) is 14.5. The van der Waals surface area contributed by atoms with Gasteiger partial charge in [0, 0.05) is 44.4 Å². The summed E-state index contributed by atoms with van der Waals surface area (Å²) in [4.78, 5) is 17.7. The Kier molecular flexibility index (Phi) is 8.07. The Bertz CT molecular complexity index is 3150. The van der Waals surface area contributed by atoms with Crippen LogP contribution in [0.2, 0.25) is 0 Å². The summed E-state index contributed by atoms with van der Waals surface area (Å²) in [5.41, 5.74) is 14.0. The van der Waals surface area contributed by atoms with E-state index < -0.39 is 0 Å². The van der Waals surface area contributed by atoms with Crippen LogP contribution in [0.4, 0.5) is 17.1 Å². The highest BCUT2D eigenvalue weighted by atomic mass is 15.2. The van der Waals surface area contributed by atoms with Crippen LogP contribution in [0.5, 0.6) is 0 Å². The summed E-state index contributed by atoms with van der Waals surface area (Å²) < 4.78 is 2.40. The molecule has 1 aliphatic rings. The Balaban J connectivity index is 1.10. The molecule has 0 saturated carbocycles. The molecule has 272 valence electrons. The summed E-state index contributed by atoms with van der Waals surface area (Å²) in [6.07, 6.45) is 4.53. The second-order valence-corrected chi connectivity index (χ2v) is 14.5. The first-order valence-electron chi connectivity index (χ1n) is 19.5.